The molecule has 0 fully saturated rings. The van der Waals surface area contributed by atoms with Crippen molar-refractivity contribution in [1.82, 2.24) is 10.3 Å². The zero-order chi connectivity index (χ0) is 12.3. The maximum atomic E-state index is 4.47. The molecule has 17 heavy (non-hydrogen) atoms. The first-order valence-corrected chi connectivity index (χ1v) is 7.97. The average molecular weight is 266 g/mol. The van der Waals surface area contributed by atoms with Crippen molar-refractivity contribution in [3.8, 4) is 0 Å². The van der Waals surface area contributed by atoms with Gasteiger partial charge in [0.25, 0.3) is 0 Å². The summed E-state index contributed by atoms with van der Waals surface area (Å²) in [6.07, 6.45) is 4.13. The Hall–Kier alpha value is -0.580. The molecule has 2 aromatic heterocycles. The molecule has 0 saturated carbocycles. The highest BCUT2D eigenvalue weighted by Crippen LogP contribution is 2.22. The molecule has 2 heterocycles. The molecule has 92 valence electrons. The second-order valence-electron chi connectivity index (χ2n) is 4.25. The summed E-state index contributed by atoms with van der Waals surface area (Å²) in [4.78, 5) is 4.47. The van der Waals surface area contributed by atoms with Crippen molar-refractivity contribution in [2.24, 2.45) is 0 Å². The van der Waals surface area contributed by atoms with Crippen LogP contribution in [0.4, 0.5) is 0 Å². The van der Waals surface area contributed by atoms with Gasteiger partial charge in [-0.05, 0) is 36.3 Å². The minimum atomic E-state index is 0.364. The first kappa shape index (κ1) is 12.9. The van der Waals surface area contributed by atoms with Crippen LogP contribution in [-0.2, 0) is 0 Å². The highest BCUT2D eigenvalue weighted by molar-refractivity contribution is 7.99. The van der Waals surface area contributed by atoms with Crippen LogP contribution in [0.1, 0.15) is 25.5 Å². The van der Waals surface area contributed by atoms with Crippen LogP contribution in [0.2, 0.25) is 0 Å². The molecule has 0 aromatic carbocycles. The Balaban J connectivity index is 2.05. The standard InChI is InChI=1S/C13H18N2S2/c1-9(16-3)7-14-10(2)11-6-13-12(15-8-11)4-5-17-13/h4-6,8-10,14H,7H2,1-3H3. The fourth-order valence-electron chi connectivity index (χ4n) is 1.64. The summed E-state index contributed by atoms with van der Waals surface area (Å²) in [5, 5.41) is 6.29. The third kappa shape index (κ3) is 3.21. The van der Waals surface area contributed by atoms with E-state index in [1.807, 2.05) is 18.0 Å². The van der Waals surface area contributed by atoms with Crippen molar-refractivity contribution in [3.63, 3.8) is 0 Å². The predicted octanol–water partition coefficient (Wildman–Crippen LogP) is 3.70. The number of rotatable bonds is 5. The monoisotopic (exact) mass is 266 g/mol. The Labute approximate surface area is 111 Å². The fraction of sp³-hybridized carbons (Fsp3) is 0.462. The van der Waals surface area contributed by atoms with Gasteiger partial charge in [-0.15, -0.1) is 11.3 Å². The first-order chi connectivity index (χ1) is 8.20. The summed E-state index contributed by atoms with van der Waals surface area (Å²) in [6, 6.07) is 4.68. The molecular formula is C13H18N2S2. The third-order valence-corrected chi connectivity index (χ3v) is 4.76. The summed E-state index contributed by atoms with van der Waals surface area (Å²) in [7, 11) is 0. The van der Waals surface area contributed by atoms with Gasteiger partial charge in [0.1, 0.15) is 0 Å². The summed E-state index contributed by atoms with van der Waals surface area (Å²) in [6.45, 7) is 5.47. The number of thioether (sulfide) groups is 1. The Morgan fingerprint density at radius 1 is 1.47 bits per heavy atom. The molecule has 0 radical (unpaired) electrons. The van der Waals surface area contributed by atoms with E-state index in [9.17, 15) is 0 Å². The summed E-state index contributed by atoms with van der Waals surface area (Å²) in [5.41, 5.74) is 2.37. The van der Waals surface area contributed by atoms with E-state index in [1.54, 1.807) is 11.3 Å². The lowest BCUT2D eigenvalue weighted by molar-refractivity contribution is 0.575. The average Bonchev–Trinajstić information content (AvgIpc) is 2.82. The number of nitrogens with zero attached hydrogens (tertiary/aromatic N) is 1. The molecule has 0 aliphatic heterocycles. The number of hydrogen-bond acceptors (Lipinski definition) is 4. The third-order valence-electron chi connectivity index (χ3n) is 2.94. The molecule has 0 aliphatic carbocycles. The van der Waals surface area contributed by atoms with Crippen LogP contribution in [0, 0.1) is 0 Å². The van der Waals surface area contributed by atoms with Crippen LogP contribution in [0.5, 0.6) is 0 Å². The minimum absolute atomic E-state index is 0.364. The number of thiophene rings is 1. The second kappa shape index (κ2) is 5.85. The summed E-state index contributed by atoms with van der Waals surface area (Å²) in [5.74, 6) is 0. The molecular weight excluding hydrogens is 248 g/mol. The van der Waals surface area contributed by atoms with Gasteiger partial charge in [-0.25, -0.2) is 0 Å². The molecule has 0 saturated heterocycles. The molecule has 2 aromatic rings. The Kier molecular flexibility index (Phi) is 4.42. The maximum absolute atomic E-state index is 4.47. The molecule has 2 rings (SSSR count). The van der Waals surface area contributed by atoms with Crippen molar-refractivity contribution in [3.05, 3.63) is 29.3 Å². The number of fused-ring (bicyclic) bond motifs is 1. The maximum Gasteiger partial charge on any atom is 0.0809 e. The van der Waals surface area contributed by atoms with Gasteiger partial charge in [0.2, 0.25) is 0 Å². The molecule has 4 heteroatoms. The van der Waals surface area contributed by atoms with E-state index in [4.69, 9.17) is 0 Å². The second-order valence-corrected chi connectivity index (χ2v) is 6.47. The Morgan fingerprint density at radius 2 is 2.29 bits per heavy atom. The largest absolute Gasteiger partial charge is 0.309 e. The van der Waals surface area contributed by atoms with Crippen LogP contribution in [0.15, 0.2) is 23.7 Å². The lowest BCUT2D eigenvalue weighted by atomic mass is 10.1. The highest BCUT2D eigenvalue weighted by atomic mass is 32.2. The van der Waals surface area contributed by atoms with Gasteiger partial charge in [0, 0.05) is 24.0 Å². The van der Waals surface area contributed by atoms with Gasteiger partial charge in [-0.3, -0.25) is 4.98 Å². The van der Waals surface area contributed by atoms with E-state index in [1.165, 1.54) is 10.3 Å². The van der Waals surface area contributed by atoms with Crippen molar-refractivity contribution in [2.75, 3.05) is 12.8 Å². The smallest absolute Gasteiger partial charge is 0.0809 e. The fourth-order valence-corrected chi connectivity index (χ4v) is 2.69. The van der Waals surface area contributed by atoms with Crippen LogP contribution < -0.4 is 5.32 Å². The van der Waals surface area contributed by atoms with Crippen molar-refractivity contribution in [2.45, 2.75) is 25.1 Å². The van der Waals surface area contributed by atoms with E-state index < -0.39 is 0 Å². The minimum Gasteiger partial charge on any atom is -0.309 e. The van der Waals surface area contributed by atoms with Gasteiger partial charge in [0.05, 0.1) is 10.2 Å². The first-order valence-electron chi connectivity index (χ1n) is 5.80. The van der Waals surface area contributed by atoms with E-state index in [2.05, 4.69) is 47.9 Å². The number of pyridine rings is 1. The van der Waals surface area contributed by atoms with Crippen LogP contribution in [0.25, 0.3) is 10.2 Å². The van der Waals surface area contributed by atoms with Gasteiger partial charge >= 0.3 is 0 Å². The predicted molar refractivity (Wildman–Crippen MR) is 79.0 cm³/mol. The zero-order valence-electron chi connectivity index (χ0n) is 10.4. The Bertz CT molecular complexity index is 481. The number of aromatic nitrogens is 1. The zero-order valence-corrected chi connectivity index (χ0v) is 12.1. The molecule has 0 amide bonds. The molecule has 2 atom stereocenters. The molecule has 0 bridgehead atoms. The van der Waals surface area contributed by atoms with E-state index in [-0.39, 0.29) is 0 Å². The van der Waals surface area contributed by atoms with Gasteiger partial charge < -0.3 is 5.32 Å². The lowest BCUT2D eigenvalue weighted by Crippen LogP contribution is -2.25. The van der Waals surface area contributed by atoms with Crippen LogP contribution >= 0.6 is 23.1 Å². The van der Waals surface area contributed by atoms with Gasteiger partial charge in [-0.1, -0.05) is 6.92 Å². The molecule has 0 aliphatic rings. The topological polar surface area (TPSA) is 24.9 Å². The normalized spacial score (nSPS) is 15.0. The lowest BCUT2D eigenvalue weighted by Gasteiger charge is -2.16. The van der Waals surface area contributed by atoms with E-state index in [0.29, 0.717) is 11.3 Å². The molecule has 2 nitrogen and oxygen atoms in total. The van der Waals surface area contributed by atoms with E-state index in [0.717, 1.165) is 12.1 Å². The number of nitrogens with one attached hydrogen (secondary N) is 1. The quantitative estimate of drug-likeness (QED) is 0.893. The van der Waals surface area contributed by atoms with Crippen LogP contribution in [-0.4, -0.2) is 23.0 Å². The van der Waals surface area contributed by atoms with Crippen molar-refractivity contribution >= 4 is 33.3 Å². The van der Waals surface area contributed by atoms with Crippen molar-refractivity contribution < 1.29 is 0 Å². The molecule has 2 unspecified atom stereocenters. The van der Waals surface area contributed by atoms with Gasteiger partial charge in [0.15, 0.2) is 0 Å². The highest BCUT2D eigenvalue weighted by Gasteiger charge is 2.08. The van der Waals surface area contributed by atoms with Crippen molar-refractivity contribution in [1.29, 1.82) is 0 Å². The Morgan fingerprint density at radius 3 is 3.06 bits per heavy atom. The van der Waals surface area contributed by atoms with Gasteiger partial charge in [-0.2, -0.15) is 11.8 Å². The summed E-state index contributed by atoms with van der Waals surface area (Å²) >= 11 is 3.64. The molecule has 0 spiro atoms. The van der Waals surface area contributed by atoms with E-state index >= 15 is 0 Å². The number of hydrogen-bond donors (Lipinski definition) is 1. The summed E-state index contributed by atoms with van der Waals surface area (Å²) < 4.78 is 1.27. The SMILES string of the molecule is CSC(C)CNC(C)c1cnc2ccsc2c1. The molecule has 1 N–H and O–H groups in total. The van der Waals surface area contributed by atoms with Crippen LogP contribution in [0.3, 0.4) is 0 Å².